The monoisotopic (exact) mass is 306 g/mol. The van der Waals surface area contributed by atoms with Gasteiger partial charge in [-0.05, 0) is 38.5 Å². The van der Waals surface area contributed by atoms with Crippen molar-refractivity contribution in [3.63, 3.8) is 0 Å². The molecule has 0 radical (unpaired) electrons. The van der Waals surface area contributed by atoms with E-state index in [0.717, 1.165) is 32.1 Å². The average molecular weight is 306 g/mol. The number of urea groups is 1. The number of hydrogen-bond acceptors (Lipinski definition) is 4. The van der Waals surface area contributed by atoms with Gasteiger partial charge in [-0.1, -0.05) is 0 Å². The van der Waals surface area contributed by atoms with E-state index in [1.54, 1.807) is 7.05 Å². The topological polar surface area (TPSA) is 85.2 Å². The van der Waals surface area contributed by atoms with Crippen LogP contribution in [0.3, 0.4) is 0 Å². The van der Waals surface area contributed by atoms with Gasteiger partial charge in [0.1, 0.15) is 5.82 Å². The summed E-state index contributed by atoms with van der Waals surface area (Å²) in [6, 6.07) is 0.928. The van der Waals surface area contributed by atoms with Crippen LogP contribution in [0, 0.1) is 0 Å². The zero-order chi connectivity index (χ0) is 15.6. The maximum Gasteiger partial charge on any atom is 0.320 e. The van der Waals surface area contributed by atoms with Crippen LogP contribution in [0.15, 0.2) is 17.2 Å². The molecule has 120 valence electrons. The van der Waals surface area contributed by atoms with E-state index in [1.807, 2.05) is 0 Å². The second kappa shape index (κ2) is 6.08. The molecule has 0 aromatic carbocycles. The van der Waals surface area contributed by atoms with Crippen molar-refractivity contribution < 1.29 is 9.53 Å². The Morgan fingerprint density at radius 1 is 1.45 bits per heavy atom. The summed E-state index contributed by atoms with van der Waals surface area (Å²) in [5.41, 5.74) is -0.123. The zero-order valence-corrected chi connectivity index (χ0v) is 12.8. The molecule has 22 heavy (non-hydrogen) atoms. The fraction of sp³-hybridized carbons (Fsp3) is 0.667. The molecule has 1 aromatic heterocycles. The Labute approximate surface area is 129 Å². The molecule has 2 fully saturated rings. The molecule has 1 saturated heterocycles. The molecule has 2 N–H and O–H groups in total. The fourth-order valence-corrected chi connectivity index (χ4v) is 3.10. The van der Waals surface area contributed by atoms with Crippen molar-refractivity contribution in [2.75, 3.05) is 11.9 Å². The molecule has 2 heterocycles. The third-order valence-corrected chi connectivity index (χ3v) is 4.55. The molecule has 1 aromatic rings. The first-order chi connectivity index (χ1) is 10.6. The molecule has 2 amide bonds. The minimum atomic E-state index is -0.363. The predicted octanol–water partition coefficient (Wildman–Crippen LogP) is 1.39. The van der Waals surface area contributed by atoms with Crippen molar-refractivity contribution in [3.8, 4) is 0 Å². The summed E-state index contributed by atoms with van der Waals surface area (Å²) in [4.78, 5) is 27.3. The van der Waals surface area contributed by atoms with Gasteiger partial charge in [0.2, 0.25) is 0 Å². The summed E-state index contributed by atoms with van der Waals surface area (Å²) in [6.07, 6.45) is 8.28. The van der Waals surface area contributed by atoms with Gasteiger partial charge in [-0.25, -0.2) is 9.78 Å². The van der Waals surface area contributed by atoms with Gasteiger partial charge in [0, 0.05) is 19.7 Å². The Hall–Kier alpha value is -1.89. The first kappa shape index (κ1) is 15.0. The van der Waals surface area contributed by atoms with Crippen LogP contribution in [0.2, 0.25) is 0 Å². The lowest BCUT2D eigenvalue weighted by molar-refractivity contribution is -0.166. The van der Waals surface area contributed by atoms with Crippen LogP contribution in [0.25, 0.3) is 0 Å². The van der Waals surface area contributed by atoms with Crippen molar-refractivity contribution in [2.45, 2.75) is 50.2 Å². The van der Waals surface area contributed by atoms with Crippen LogP contribution in [0.4, 0.5) is 10.6 Å². The van der Waals surface area contributed by atoms with Gasteiger partial charge in [-0.2, -0.15) is 0 Å². The van der Waals surface area contributed by atoms with Crippen LogP contribution in [-0.4, -0.2) is 33.8 Å². The van der Waals surface area contributed by atoms with E-state index < -0.39 is 0 Å². The zero-order valence-electron chi connectivity index (χ0n) is 12.8. The molecule has 1 aliphatic carbocycles. The van der Waals surface area contributed by atoms with E-state index in [0.29, 0.717) is 6.54 Å². The minimum absolute atomic E-state index is 0.0800. The Morgan fingerprint density at radius 3 is 2.91 bits per heavy atom. The molecule has 0 bridgehead atoms. The predicted molar refractivity (Wildman–Crippen MR) is 81.8 cm³/mol. The first-order valence-corrected chi connectivity index (χ1v) is 7.82. The van der Waals surface area contributed by atoms with Gasteiger partial charge < -0.3 is 14.6 Å². The number of ether oxygens (including phenoxy) is 1. The number of amides is 2. The molecule has 7 heteroatoms. The molecule has 1 saturated carbocycles. The van der Waals surface area contributed by atoms with Gasteiger partial charge in [0.25, 0.3) is 5.56 Å². The highest BCUT2D eigenvalue weighted by Crippen LogP contribution is 2.43. The third kappa shape index (κ3) is 3.30. The Bertz CT molecular complexity index is 609. The number of rotatable bonds is 3. The number of carbonyl (C=O) groups excluding carboxylic acids is 1. The summed E-state index contributed by atoms with van der Waals surface area (Å²) >= 11 is 0. The quantitative estimate of drug-likeness (QED) is 0.884. The molecular formula is C15H22N4O3. The summed E-state index contributed by atoms with van der Waals surface area (Å²) in [5.74, 6) is 0.251. The lowest BCUT2D eigenvalue weighted by atomic mass is 9.74. The lowest BCUT2D eigenvalue weighted by Crippen LogP contribution is -2.49. The molecular weight excluding hydrogens is 284 g/mol. The Kier molecular flexibility index (Phi) is 4.15. The highest BCUT2D eigenvalue weighted by atomic mass is 16.5. The Balaban J connectivity index is 1.47. The van der Waals surface area contributed by atoms with Gasteiger partial charge in [0.05, 0.1) is 18.0 Å². The number of hydrogen-bond donors (Lipinski definition) is 2. The van der Waals surface area contributed by atoms with Crippen LogP contribution >= 0.6 is 0 Å². The maximum atomic E-state index is 11.9. The number of aryl methyl sites for hydroxylation is 1. The average Bonchev–Trinajstić information content (AvgIpc) is 2.48. The minimum Gasteiger partial charge on any atom is -0.370 e. The third-order valence-electron chi connectivity index (χ3n) is 4.55. The second-order valence-corrected chi connectivity index (χ2v) is 6.23. The molecule has 7 nitrogen and oxygen atoms in total. The fourth-order valence-electron chi connectivity index (χ4n) is 3.10. The number of nitrogens with one attached hydrogen (secondary N) is 2. The van der Waals surface area contributed by atoms with Crippen molar-refractivity contribution in [3.05, 3.63) is 22.7 Å². The van der Waals surface area contributed by atoms with E-state index in [9.17, 15) is 9.59 Å². The largest absolute Gasteiger partial charge is 0.370 e. The van der Waals surface area contributed by atoms with Crippen LogP contribution < -0.4 is 16.2 Å². The first-order valence-electron chi connectivity index (χ1n) is 7.82. The van der Waals surface area contributed by atoms with Gasteiger partial charge in [-0.15, -0.1) is 0 Å². The number of anilines is 1. The van der Waals surface area contributed by atoms with Crippen molar-refractivity contribution in [2.24, 2.45) is 7.05 Å². The smallest absolute Gasteiger partial charge is 0.320 e. The van der Waals surface area contributed by atoms with Crippen molar-refractivity contribution in [1.29, 1.82) is 0 Å². The molecule has 1 aliphatic heterocycles. The summed E-state index contributed by atoms with van der Waals surface area (Å²) in [5, 5.41) is 5.37. The molecule has 2 aliphatic rings. The second-order valence-electron chi connectivity index (χ2n) is 6.23. The van der Waals surface area contributed by atoms with Crippen molar-refractivity contribution in [1.82, 2.24) is 14.9 Å². The number of nitrogens with zero attached hydrogens (tertiary/aromatic N) is 2. The van der Waals surface area contributed by atoms with Gasteiger partial charge >= 0.3 is 6.03 Å². The van der Waals surface area contributed by atoms with E-state index in [-0.39, 0.29) is 29.1 Å². The molecule has 1 atom stereocenters. The van der Waals surface area contributed by atoms with Crippen molar-refractivity contribution >= 4 is 11.8 Å². The molecule has 1 spiro atoms. The SMILES string of the molecule is Cn1cnc(NC(=O)NCC2CCCC3(CCC3)O2)cc1=O. The summed E-state index contributed by atoms with van der Waals surface area (Å²) < 4.78 is 7.48. The van der Waals surface area contributed by atoms with Gasteiger partial charge in [-0.3, -0.25) is 10.1 Å². The maximum absolute atomic E-state index is 11.9. The molecule has 3 rings (SSSR count). The van der Waals surface area contributed by atoms with Gasteiger partial charge in [0.15, 0.2) is 0 Å². The molecule has 1 unspecified atom stereocenters. The summed E-state index contributed by atoms with van der Waals surface area (Å²) in [6.45, 7) is 0.485. The highest BCUT2D eigenvalue weighted by Gasteiger charge is 2.42. The highest BCUT2D eigenvalue weighted by molar-refractivity contribution is 5.88. The van der Waals surface area contributed by atoms with E-state index in [2.05, 4.69) is 15.6 Å². The van der Waals surface area contributed by atoms with E-state index >= 15 is 0 Å². The Morgan fingerprint density at radius 2 is 2.23 bits per heavy atom. The van der Waals surface area contributed by atoms with Crippen LogP contribution in [-0.2, 0) is 11.8 Å². The number of carbonyl (C=O) groups is 1. The van der Waals surface area contributed by atoms with Crippen LogP contribution in [0.1, 0.15) is 38.5 Å². The van der Waals surface area contributed by atoms with Crippen LogP contribution in [0.5, 0.6) is 0 Å². The standard InChI is InChI=1S/C15H22N4O3/c1-19-10-17-12(8-13(19)20)18-14(21)16-9-11-4-2-5-15(22-11)6-3-7-15/h8,10-11H,2-7,9H2,1H3,(H2,16,18,21). The summed E-state index contributed by atoms with van der Waals surface area (Å²) in [7, 11) is 1.61. The lowest BCUT2D eigenvalue weighted by Gasteiger charge is -2.47. The normalized spacial score (nSPS) is 22.9. The van der Waals surface area contributed by atoms with E-state index in [4.69, 9.17) is 4.74 Å². The number of aromatic nitrogens is 2. The van der Waals surface area contributed by atoms with E-state index in [1.165, 1.54) is 23.4 Å².